The van der Waals surface area contributed by atoms with Crippen LogP contribution in [0.4, 0.5) is 0 Å². The van der Waals surface area contributed by atoms with Gasteiger partial charge in [-0.15, -0.1) is 0 Å². The molecule has 0 bridgehead atoms. The van der Waals surface area contributed by atoms with E-state index in [1.807, 2.05) is 0 Å². The molecule has 0 atom stereocenters. The Morgan fingerprint density at radius 1 is 1.19 bits per heavy atom. The number of ketones is 2. The molecule has 3 heteroatoms. The standard InChI is InChI=1S/C13H10O3/c1-8-7-10(14)11(12(8)15)13(16)9-5-3-2-4-6-9/h2-7,15H,1H3. The van der Waals surface area contributed by atoms with Gasteiger partial charge >= 0.3 is 0 Å². The normalized spacial score (nSPS) is 15.3. The number of hydrogen-bond donors (Lipinski definition) is 1. The van der Waals surface area contributed by atoms with Crippen molar-refractivity contribution >= 4 is 11.6 Å². The first-order valence-electron chi connectivity index (χ1n) is 4.87. The lowest BCUT2D eigenvalue weighted by molar-refractivity contribution is -0.110. The van der Waals surface area contributed by atoms with Gasteiger partial charge in [0.1, 0.15) is 11.3 Å². The summed E-state index contributed by atoms with van der Waals surface area (Å²) < 4.78 is 0. The minimum atomic E-state index is -0.434. The summed E-state index contributed by atoms with van der Waals surface area (Å²) in [5, 5.41) is 9.63. The van der Waals surface area contributed by atoms with E-state index in [0.29, 0.717) is 11.1 Å². The molecular weight excluding hydrogens is 204 g/mol. The van der Waals surface area contributed by atoms with Crippen LogP contribution in [0.2, 0.25) is 0 Å². The number of carbonyl (C=O) groups excluding carboxylic acids is 2. The summed E-state index contributed by atoms with van der Waals surface area (Å²) in [6.45, 7) is 1.60. The summed E-state index contributed by atoms with van der Waals surface area (Å²) in [4.78, 5) is 23.4. The number of aliphatic hydroxyl groups is 1. The van der Waals surface area contributed by atoms with E-state index in [1.54, 1.807) is 37.3 Å². The van der Waals surface area contributed by atoms with E-state index in [0.717, 1.165) is 0 Å². The van der Waals surface area contributed by atoms with Crippen LogP contribution in [0, 0.1) is 0 Å². The summed E-state index contributed by atoms with van der Waals surface area (Å²) >= 11 is 0. The minimum Gasteiger partial charge on any atom is -0.507 e. The zero-order chi connectivity index (χ0) is 11.7. The molecule has 1 aliphatic carbocycles. The fraction of sp³-hybridized carbons (Fsp3) is 0.0769. The van der Waals surface area contributed by atoms with Crippen molar-refractivity contribution in [3.8, 4) is 0 Å². The van der Waals surface area contributed by atoms with Gasteiger partial charge in [-0.25, -0.2) is 0 Å². The molecule has 1 aliphatic rings. The van der Waals surface area contributed by atoms with Gasteiger partial charge in [0.2, 0.25) is 5.78 Å². The highest BCUT2D eigenvalue weighted by molar-refractivity contribution is 6.31. The number of allylic oxidation sites excluding steroid dienone is 3. The lowest BCUT2D eigenvalue weighted by atomic mass is 10.0. The van der Waals surface area contributed by atoms with Crippen molar-refractivity contribution in [2.24, 2.45) is 0 Å². The van der Waals surface area contributed by atoms with Gasteiger partial charge in [-0.05, 0) is 18.6 Å². The molecule has 2 rings (SSSR count). The highest BCUT2D eigenvalue weighted by Crippen LogP contribution is 2.23. The molecule has 0 radical (unpaired) electrons. The molecule has 0 spiro atoms. The van der Waals surface area contributed by atoms with Crippen molar-refractivity contribution in [1.29, 1.82) is 0 Å². The Morgan fingerprint density at radius 3 is 2.31 bits per heavy atom. The van der Waals surface area contributed by atoms with E-state index in [2.05, 4.69) is 0 Å². The van der Waals surface area contributed by atoms with Gasteiger partial charge < -0.3 is 5.11 Å². The Balaban J connectivity index is 2.43. The van der Waals surface area contributed by atoms with E-state index in [4.69, 9.17) is 0 Å². The maximum absolute atomic E-state index is 11.9. The lowest BCUT2D eigenvalue weighted by Gasteiger charge is -2.01. The molecule has 1 aromatic rings. The predicted molar refractivity (Wildman–Crippen MR) is 59.2 cm³/mol. The van der Waals surface area contributed by atoms with E-state index in [-0.39, 0.29) is 11.3 Å². The lowest BCUT2D eigenvalue weighted by Crippen LogP contribution is -2.10. The van der Waals surface area contributed by atoms with Crippen LogP contribution in [0.15, 0.2) is 53.3 Å². The van der Waals surface area contributed by atoms with Crippen LogP contribution >= 0.6 is 0 Å². The zero-order valence-electron chi connectivity index (χ0n) is 8.73. The number of Topliss-reactive ketones (excluding diaryl/α,β-unsaturated/α-hetero) is 1. The van der Waals surface area contributed by atoms with Crippen LogP contribution in [0.3, 0.4) is 0 Å². The summed E-state index contributed by atoms with van der Waals surface area (Å²) in [5.74, 6) is -1.07. The Hall–Kier alpha value is -2.16. The molecule has 0 saturated carbocycles. The molecule has 0 aliphatic heterocycles. The first-order valence-corrected chi connectivity index (χ1v) is 4.87. The van der Waals surface area contributed by atoms with E-state index in [1.165, 1.54) is 6.08 Å². The summed E-state index contributed by atoms with van der Waals surface area (Å²) in [6.07, 6.45) is 1.27. The van der Waals surface area contributed by atoms with Gasteiger partial charge in [-0.2, -0.15) is 0 Å². The second kappa shape index (κ2) is 3.77. The van der Waals surface area contributed by atoms with Crippen molar-refractivity contribution in [2.45, 2.75) is 6.92 Å². The van der Waals surface area contributed by atoms with E-state index < -0.39 is 11.6 Å². The summed E-state index contributed by atoms with van der Waals surface area (Å²) in [5.41, 5.74) is 0.702. The maximum Gasteiger partial charge on any atom is 0.200 e. The third-order valence-electron chi connectivity index (χ3n) is 2.47. The van der Waals surface area contributed by atoms with Gasteiger partial charge in [0, 0.05) is 5.56 Å². The smallest absolute Gasteiger partial charge is 0.200 e. The largest absolute Gasteiger partial charge is 0.507 e. The molecule has 3 nitrogen and oxygen atoms in total. The number of benzene rings is 1. The fourth-order valence-corrected chi connectivity index (χ4v) is 1.60. The van der Waals surface area contributed by atoms with Crippen molar-refractivity contribution in [3.63, 3.8) is 0 Å². The molecule has 0 heterocycles. The van der Waals surface area contributed by atoms with Crippen LogP contribution in [0.1, 0.15) is 17.3 Å². The molecule has 0 saturated heterocycles. The molecule has 16 heavy (non-hydrogen) atoms. The van der Waals surface area contributed by atoms with Gasteiger partial charge in [0.25, 0.3) is 0 Å². The number of rotatable bonds is 2. The average Bonchev–Trinajstić information content (AvgIpc) is 2.54. The van der Waals surface area contributed by atoms with Gasteiger partial charge in [0.15, 0.2) is 5.78 Å². The first-order chi connectivity index (χ1) is 7.61. The van der Waals surface area contributed by atoms with Crippen LogP contribution in [-0.4, -0.2) is 16.7 Å². The van der Waals surface area contributed by atoms with Crippen LogP contribution in [0.25, 0.3) is 0 Å². The Morgan fingerprint density at radius 2 is 1.81 bits per heavy atom. The maximum atomic E-state index is 11.9. The second-order valence-electron chi connectivity index (χ2n) is 3.61. The Labute approximate surface area is 92.7 Å². The predicted octanol–water partition coefficient (Wildman–Crippen LogP) is 2.21. The van der Waals surface area contributed by atoms with Crippen molar-refractivity contribution in [3.05, 3.63) is 58.9 Å². The highest BCUT2D eigenvalue weighted by Gasteiger charge is 2.28. The number of carbonyl (C=O) groups is 2. The highest BCUT2D eigenvalue weighted by atomic mass is 16.3. The third kappa shape index (κ3) is 1.56. The molecule has 1 aromatic carbocycles. The topological polar surface area (TPSA) is 54.4 Å². The molecule has 0 aromatic heterocycles. The minimum absolute atomic E-state index is 0.135. The molecule has 1 N–H and O–H groups in total. The third-order valence-corrected chi connectivity index (χ3v) is 2.47. The van der Waals surface area contributed by atoms with Crippen molar-refractivity contribution < 1.29 is 14.7 Å². The van der Waals surface area contributed by atoms with Crippen LogP contribution in [0.5, 0.6) is 0 Å². The molecular formula is C13H10O3. The zero-order valence-corrected chi connectivity index (χ0v) is 8.73. The average molecular weight is 214 g/mol. The number of hydrogen-bond acceptors (Lipinski definition) is 3. The van der Waals surface area contributed by atoms with E-state index in [9.17, 15) is 14.7 Å². The van der Waals surface area contributed by atoms with E-state index >= 15 is 0 Å². The number of aliphatic hydroxyl groups excluding tert-OH is 1. The molecule has 80 valence electrons. The van der Waals surface area contributed by atoms with Gasteiger partial charge in [-0.1, -0.05) is 30.3 Å². The molecule has 0 unspecified atom stereocenters. The summed E-state index contributed by atoms with van der Waals surface area (Å²) in [7, 11) is 0. The molecule has 0 amide bonds. The SMILES string of the molecule is CC1=CC(=O)C(C(=O)c2ccccc2)=C1O. The quantitative estimate of drug-likeness (QED) is 0.606. The Bertz CT molecular complexity index is 521. The Kier molecular flexibility index (Phi) is 2.44. The van der Waals surface area contributed by atoms with Crippen LogP contribution < -0.4 is 0 Å². The van der Waals surface area contributed by atoms with Crippen molar-refractivity contribution in [2.75, 3.05) is 0 Å². The fourth-order valence-electron chi connectivity index (χ4n) is 1.60. The second-order valence-corrected chi connectivity index (χ2v) is 3.61. The van der Waals surface area contributed by atoms with Crippen LogP contribution in [-0.2, 0) is 4.79 Å². The van der Waals surface area contributed by atoms with Gasteiger partial charge in [-0.3, -0.25) is 9.59 Å². The van der Waals surface area contributed by atoms with Gasteiger partial charge in [0.05, 0.1) is 0 Å². The molecule has 0 fully saturated rings. The van der Waals surface area contributed by atoms with Crippen molar-refractivity contribution in [1.82, 2.24) is 0 Å². The summed E-state index contributed by atoms with van der Waals surface area (Å²) in [6, 6.07) is 8.44. The monoisotopic (exact) mass is 214 g/mol. The first kappa shape index (κ1) is 10.4.